The van der Waals surface area contributed by atoms with E-state index in [0.29, 0.717) is 16.6 Å². The third-order valence-corrected chi connectivity index (χ3v) is 8.10. The number of carbonyl (C=O) groups is 1. The molecule has 200 valence electrons. The number of hydrogen-bond acceptors (Lipinski definition) is 3. The fourth-order valence-electron chi connectivity index (χ4n) is 5.55. The van der Waals surface area contributed by atoms with Crippen molar-refractivity contribution in [3.8, 4) is 5.69 Å². The Balaban J connectivity index is 1.68. The van der Waals surface area contributed by atoms with Gasteiger partial charge < -0.3 is 20.1 Å². The number of aromatic nitrogens is 2. The quantitative estimate of drug-likeness (QED) is 0.244. The van der Waals surface area contributed by atoms with E-state index >= 15 is 0 Å². The molecule has 2 atom stereocenters. The zero-order chi connectivity index (χ0) is 27.8. The number of halogens is 1. The van der Waals surface area contributed by atoms with E-state index in [-0.39, 0.29) is 18.0 Å². The van der Waals surface area contributed by atoms with Gasteiger partial charge in [0.1, 0.15) is 0 Å². The summed E-state index contributed by atoms with van der Waals surface area (Å²) in [5, 5.41) is 7.89. The van der Waals surface area contributed by atoms with Gasteiger partial charge >= 0.3 is 0 Å². The van der Waals surface area contributed by atoms with Crippen molar-refractivity contribution in [3.63, 3.8) is 0 Å². The number of hydrogen-bond donors (Lipinski definition) is 2. The van der Waals surface area contributed by atoms with E-state index < -0.39 is 0 Å². The molecular formula is C31H32ClN5OS. The average molecular weight is 558 g/mol. The number of benzene rings is 2. The van der Waals surface area contributed by atoms with Gasteiger partial charge in [-0.15, -0.1) is 0 Å². The van der Waals surface area contributed by atoms with Crippen LogP contribution in [-0.4, -0.2) is 20.6 Å². The van der Waals surface area contributed by atoms with Gasteiger partial charge in [-0.2, -0.15) is 0 Å². The first-order chi connectivity index (χ1) is 18.7. The molecule has 5 rings (SSSR count). The van der Waals surface area contributed by atoms with Crippen molar-refractivity contribution in [1.29, 1.82) is 0 Å². The summed E-state index contributed by atoms with van der Waals surface area (Å²) in [6, 6.07) is 19.6. The molecule has 1 aliphatic heterocycles. The summed E-state index contributed by atoms with van der Waals surface area (Å²) in [6.45, 7) is 10.3. The van der Waals surface area contributed by atoms with Crippen molar-refractivity contribution in [3.05, 3.63) is 106 Å². The number of amides is 1. The van der Waals surface area contributed by atoms with Crippen molar-refractivity contribution in [2.24, 2.45) is 0 Å². The van der Waals surface area contributed by atoms with Gasteiger partial charge in [-0.25, -0.2) is 0 Å². The van der Waals surface area contributed by atoms with Crippen LogP contribution in [0.3, 0.4) is 0 Å². The molecule has 4 aromatic rings. The molecule has 0 aliphatic carbocycles. The van der Waals surface area contributed by atoms with Crippen LogP contribution >= 0.6 is 23.8 Å². The van der Waals surface area contributed by atoms with Crippen LogP contribution in [0.25, 0.3) is 5.69 Å². The normalized spacial score (nSPS) is 16.9. The van der Waals surface area contributed by atoms with Crippen molar-refractivity contribution in [1.82, 2.24) is 14.9 Å². The molecular weight excluding hydrogens is 526 g/mol. The van der Waals surface area contributed by atoms with E-state index in [2.05, 4.69) is 53.0 Å². The highest BCUT2D eigenvalue weighted by molar-refractivity contribution is 7.80. The first kappa shape index (κ1) is 26.9. The minimum Gasteiger partial charge on any atom is -0.351 e. The largest absolute Gasteiger partial charge is 0.351 e. The van der Waals surface area contributed by atoms with Crippen LogP contribution < -0.4 is 15.5 Å². The first-order valence-electron chi connectivity index (χ1n) is 13.1. The number of aryl methyl sites for hydroxylation is 1. The van der Waals surface area contributed by atoms with E-state index in [1.807, 2.05) is 68.6 Å². The molecule has 2 unspecified atom stereocenters. The maximum absolute atomic E-state index is 12.0. The van der Waals surface area contributed by atoms with Gasteiger partial charge in [-0.05, 0) is 99.6 Å². The van der Waals surface area contributed by atoms with Gasteiger partial charge in [-0.3, -0.25) is 9.78 Å². The minimum absolute atomic E-state index is 0.0126. The van der Waals surface area contributed by atoms with Crippen LogP contribution in [0.2, 0.25) is 5.02 Å². The lowest BCUT2D eigenvalue weighted by atomic mass is 9.93. The Hall–Kier alpha value is -3.68. The molecule has 2 aromatic carbocycles. The second-order valence-electron chi connectivity index (χ2n) is 9.92. The molecule has 0 saturated carbocycles. The molecule has 2 aromatic heterocycles. The SMILES string of the molecule is CCC(=O)Nc1ccc(N2C(=S)NC(c3ccccn3)C2c2c(C)c(C)n(-c3cccc(Cl)c3)c2C)cc1C. The Labute approximate surface area is 240 Å². The van der Waals surface area contributed by atoms with Gasteiger partial charge in [0.15, 0.2) is 5.11 Å². The average Bonchev–Trinajstić information content (AvgIpc) is 3.37. The lowest BCUT2D eigenvalue weighted by molar-refractivity contribution is -0.115. The number of pyridine rings is 1. The summed E-state index contributed by atoms with van der Waals surface area (Å²) in [7, 11) is 0. The van der Waals surface area contributed by atoms with Gasteiger partial charge in [0.05, 0.1) is 17.8 Å². The number of nitrogens with one attached hydrogen (secondary N) is 2. The summed E-state index contributed by atoms with van der Waals surface area (Å²) in [5.41, 5.74) is 9.32. The number of nitrogens with zero attached hydrogens (tertiary/aromatic N) is 3. The predicted octanol–water partition coefficient (Wildman–Crippen LogP) is 7.28. The lowest BCUT2D eigenvalue weighted by Gasteiger charge is -2.29. The summed E-state index contributed by atoms with van der Waals surface area (Å²) in [5.74, 6) is -0.0126. The van der Waals surface area contributed by atoms with E-state index in [1.165, 1.54) is 11.1 Å². The first-order valence-corrected chi connectivity index (χ1v) is 13.8. The van der Waals surface area contributed by atoms with Gasteiger partial charge in [-0.1, -0.05) is 30.7 Å². The Morgan fingerprint density at radius 1 is 1.03 bits per heavy atom. The third kappa shape index (κ3) is 4.92. The Morgan fingerprint density at radius 3 is 2.49 bits per heavy atom. The maximum atomic E-state index is 12.0. The zero-order valence-electron chi connectivity index (χ0n) is 22.7. The standard InChI is InChI=1S/C31H32ClN5OS/c1-6-27(38)34-25-14-13-24(16-18(25)2)37-30(29(35-31(37)39)26-12-7-8-15-33-26)28-19(3)20(4)36(21(28)5)23-11-9-10-22(32)17-23/h7-17,29-30H,6H2,1-5H3,(H,34,38)(H,35,39). The molecule has 2 N–H and O–H groups in total. The molecule has 0 radical (unpaired) electrons. The van der Waals surface area contributed by atoms with Crippen LogP contribution in [0.5, 0.6) is 0 Å². The molecule has 1 fully saturated rings. The smallest absolute Gasteiger partial charge is 0.224 e. The topological polar surface area (TPSA) is 62.2 Å². The van der Waals surface area contributed by atoms with E-state index in [4.69, 9.17) is 28.8 Å². The highest BCUT2D eigenvalue weighted by Crippen LogP contribution is 2.46. The molecule has 1 amide bonds. The zero-order valence-corrected chi connectivity index (χ0v) is 24.3. The molecule has 6 nitrogen and oxygen atoms in total. The van der Waals surface area contributed by atoms with Crippen molar-refractivity contribution in [2.75, 3.05) is 10.2 Å². The maximum Gasteiger partial charge on any atom is 0.224 e. The Kier molecular flexibility index (Phi) is 7.47. The second kappa shape index (κ2) is 10.8. The molecule has 1 aliphatic rings. The Morgan fingerprint density at radius 2 is 1.82 bits per heavy atom. The van der Waals surface area contributed by atoms with Gasteiger partial charge in [0.2, 0.25) is 5.91 Å². The minimum atomic E-state index is -0.162. The summed E-state index contributed by atoms with van der Waals surface area (Å²) >= 11 is 12.4. The molecule has 0 spiro atoms. The monoisotopic (exact) mass is 557 g/mol. The number of rotatable bonds is 6. The van der Waals surface area contributed by atoms with E-state index in [1.54, 1.807) is 0 Å². The molecule has 39 heavy (non-hydrogen) atoms. The van der Waals surface area contributed by atoms with Crippen LogP contribution in [0, 0.1) is 27.7 Å². The van der Waals surface area contributed by atoms with Gasteiger partial charge in [0, 0.05) is 51.7 Å². The van der Waals surface area contributed by atoms with Crippen LogP contribution in [0.4, 0.5) is 11.4 Å². The van der Waals surface area contributed by atoms with Crippen LogP contribution in [0.15, 0.2) is 66.9 Å². The molecule has 0 bridgehead atoms. The Bertz CT molecular complexity index is 1560. The molecule has 8 heteroatoms. The van der Waals surface area contributed by atoms with Crippen molar-refractivity contribution >= 4 is 46.2 Å². The molecule has 3 heterocycles. The second-order valence-corrected chi connectivity index (χ2v) is 10.7. The fourth-order valence-corrected chi connectivity index (χ4v) is 6.08. The fraction of sp³-hybridized carbons (Fsp3) is 0.258. The van der Waals surface area contributed by atoms with E-state index in [0.717, 1.165) is 39.7 Å². The predicted molar refractivity (Wildman–Crippen MR) is 163 cm³/mol. The van der Waals surface area contributed by atoms with E-state index in [9.17, 15) is 4.79 Å². The van der Waals surface area contributed by atoms with Crippen molar-refractivity contribution in [2.45, 2.75) is 53.1 Å². The molecule has 1 saturated heterocycles. The summed E-state index contributed by atoms with van der Waals surface area (Å²) in [4.78, 5) is 18.9. The number of carbonyl (C=O) groups excluding carboxylic acids is 1. The summed E-state index contributed by atoms with van der Waals surface area (Å²) in [6.07, 6.45) is 2.24. The highest BCUT2D eigenvalue weighted by atomic mass is 35.5. The number of anilines is 2. The van der Waals surface area contributed by atoms with Crippen LogP contribution in [-0.2, 0) is 4.79 Å². The summed E-state index contributed by atoms with van der Waals surface area (Å²) < 4.78 is 2.26. The van der Waals surface area contributed by atoms with Crippen LogP contribution in [0.1, 0.15) is 59.2 Å². The lowest BCUT2D eigenvalue weighted by Crippen LogP contribution is -2.30. The number of thiocarbonyl (C=S) groups is 1. The van der Waals surface area contributed by atoms with Crippen molar-refractivity contribution < 1.29 is 4.79 Å². The van der Waals surface area contributed by atoms with Gasteiger partial charge in [0.25, 0.3) is 0 Å². The highest BCUT2D eigenvalue weighted by Gasteiger charge is 2.43. The third-order valence-electron chi connectivity index (χ3n) is 7.55.